The van der Waals surface area contributed by atoms with E-state index in [1.54, 1.807) is 11.3 Å². The number of nitrogens with zero attached hydrogens (tertiary/aromatic N) is 2. The first kappa shape index (κ1) is 12.7. The number of allylic oxidation sites excluding steroid dienone is 1. The first-order chi connectivity index (χ1) is 9.08. The number of hydrogen-bond donors (Lipinski definition) is 0. The summed E-state index contributed by atoms with van der Waals surface area (Å²) >= 11 is 5.47. The molecule has 0 radical (unpaired) electrons. The van der Waals surface area contributed by atoms with Gasteiger partial charge in [-0.25, -0.2) is 4.85 Å². The Labute approximate surface area is 124 Å². The third-order valence-electron chi connectivity index (χ3n) is 2.80. The lowest BCUT2D eigenvalue weighted by molar-refractivity contribution is 1.16. The number of anilines is 1. The lowest BCUT2D eigenvalue weighted by Gasteiger charge is -2.06. The molecule has 0 aliphatic rings. The lowest BCUT2D eigenvalue weighted by atomic mass is 10.3. The third-order valence-corrected chi connectivity index (χ3v) is 6.69. The van der Waals surface area contributed by atoms with Crippen molar-refractivity contribution < 1.29 is 0 Å². The molecule has 5 heteroatoms. The van der Waals surface area contributed by atoms with Gasteiger partial charge in [-0.15, -0.1) is 34.0 Å². The van der Waals surface area contributed by atoms with Gasteiger partial charge < -0.3 is 4.90 Å². The third kappa shape index (κ3) is 2.16. The summed E-state index contributed by atoms with van der Waals surface area (Å²) in [6, 6.07) is 4.46. The van der Waals surface area contributed by atoms with Gasteiger partial charge in [-0.1, -0.05) is 0 Å². The molecule has 3 aromatic heterocycles. The summed E-state index contributed by atoms with van der Waals surface area (Å²) in [4.78, 5) is 6.78. The summed E-state index contributed by atoms with van der Waals surface area (Å²) in [5.74, 6) is 0. The van der Waals surface area contributed by atoms with Gasteiger partial charge in [0.2, 0.25) is 0 Å². The number of thiophene rings is 3. The summed E-state index contributed by atoms with van der Waals surface area (Å²) in [6.45, 7) is 8.85. The van der Waals surface area contributed by atoms with Crippen LogP contribution in [-0.4, -0.2) is 14.1 Å². The van der Waals surface area contributed by atoms with Crippen LogP contribution in [0.3, 0.4) is 0 Å². The molecule has 0 saturated carbocycles. The van der Waals surface area contributed by atoms with Crippen molar-refractivity contribution in [3.63, 3.8) is 0 Å². The van der Waals surface area contributed by atoms with Gasteiger partial charge in [-0.2, -0.15) is 0 Å². The number of rotatable bonds is 2. The molecule has 0 N–H and O–H groups in total. The van der Waals surface area contributed by atoms with Crippen molar-refractivity contribution in [2.24, 2.45) is 0 Å². The molecule has 0 bridgehead atoms. The van der Waals surface area contributed by atoms with Crippen molar-refractivity contribution >= 4 is 63.9 Å². The molecule has 0 aromatic carbocycles. The summed E-state index contributed by atoms with van der Waals surface area (Å²) in [5.41, 5.74) is 0.741. The Morgan fingerprint density at radius 3 is 2.53 bits per heavy atom. The summed E-state index contributed by atoms with van der Waals surface area (Å²) < 4.78 is 5.45. The highest BCUT2D eigenvalue weighted by molar-refractivity contribution is 7.39. The molecule has 2 nitrogen and oxygen atoms in total. The topological polar surface area (TPSA) is 7.60 Å². The smallest absolute Gasteiger partial charge is 0.163 e. The van der Waals surface area contributed by atoms with E-state index in [0.717, 1.165) is 5.70 Å². The van der Waals surface area contributed by atoms with E-state index in [4.69, 9.17) is 6.57 Å². The van der Waals surface area contributed by atoms with Crippen LogP contribution in [0.15, 0.2) is 17.8 Å². The highest BCUT2D eigenvalue weighted by Crippen LogP contribution is 2.46. The Morgan fingerprint density at radius 2 is 1.84 bits per heavy atom. The van der Waals surface area contributed by atoms with E-state index in [9.17, 15) is 0 Å². The second-order valence-electron chi connectivity index (χ2n) is 4.51. The molecular formula is C14H12N2S3. The van der Waals surface area contributed by atoms with Crippen LogP contribution < -0.4 is 4.90 Å². The van der Waals surface area contributed by atoms with Crippen LogP contribution in [0.2, 0.25) is 0 Å². The Kier molecular flexibility index (Phi) is 3.09. The van der Waals surface area contributed by atoms with Crippen LogP contribution in [0.5, 0.6) is 0 Å². The molecule has 0 spiro atoms. The highest BCUT2D eigenvalue weighted by Gasteiger charge is 2.13. The largest absolute Gasteiger partial charge is 0.370 e. The van der Waals surface area contributed by atoms with Gasteiger partial charge in [0.25, 0.3) is 0 Å². The maximum absolute atomic E-state index is 7.00. The maximum Gasteiger partial charge on any atom is 0.163 e. The minimum Gasteiger partial charge on any atom is -0.370 e. The van der Waals surface area contributed by atoms with E-state index >= 15 is 0 Å². The molecule has 0 fully saturated rings. The molecule has 3 rings (SSSR count). The van der Waals surface area contributed by atoms with Gasteiger partial charge in [0.05, 0.1) is 21.0 Å². The minimum atomic E-state index is 0.741. The molecule has 0 aliphatic heterocycles. The van der Waals surface area contributed by atoms with Crippen LogP contribution in [0.4, 0.5) is 5.00 Å². The van der Waals surface area contributed by atoms with Crippen molar-refractivity contribution in [3.05, 3.63) is 34.1 Å². The van der Waals surface area contributed by atoms with Gasteiger partial charge in [-0.3, -0.25) is 0 Å². The molecule has 0 saturated heterocycles. The maximum atomic E-state index is 7.00. The lowest BCUT2D eigenvalue weighted by Crippen LogP contribution is -2.05. The minimum absolute atomic E-state index is 0.741. The standard InChI is InChI=1S/C14H12N2S3/c1-8(15-2)5-9-6-10-13(17-9)14-11(18-10)7-12(19-14)16(3)4/h5-7H,1,3-4H3/b8-5-. The fourth-order valence-corrected chi connectivity index (χ4v) is 5.82. The monoisotopic (exact) mass is 304 g/mol. The van der Waals surface area contributed by atoms with Crippen LogP contribution in [0, 0.1) is 6.57 Å². The van der Waals surface area contributed by atoms with E-state index < -0.39 is 0 Å². The Balaban J connectivity index is 2.16. The molecule has 96 valence electrons. The van der Waals surface area contributed by atoms with Crippen molar-refractivity contribution in [1.29, 1.82) is 0 Å². The molecule has 3 aromatic rings. The highest BCUT2D eigenvalue weighted by atomic mass is 32.1. The van der Waals surface area contributed by atoms with Crippen LogP contribution in [0.25, 0.3) is 29.7 Å². The number of fused-ring (bicyclic) bond motifs is 3. The summed E-state index contributed by atoms with van der Waals surface area (Å²) in [7, 11) is 4.16. The molecule has 0 amide bonds. The molecular weight excluding hydrogens is 292 g/mol. The SMILES string of the molecule is [C-]#[N+]/C(C)=C\c1cc2sc3cc(N(C)C)sc3c2s1. The summed E-state index contributed by atoms with van der Waals surface area (Å²) in [5, 5.41) is 1.30. The van der Waals surface area contributed by atoms with E-state index in [0.29, 0.717) is 0 Å². The Bertz CT molecular complexity index is 824. The van der Waals surface area contributed by atoms with E-state index in [-0.39, 0.29) is 0 Å². The second kappa shape index (κ2) is 4.64. The van der Waals surface area contributed by atoms with Crippen molar-refractivity contribution in [1.82, 2.24) is 0 Å². The van der Waals surface area contributed by atoms with Crippen molar-refractivity contribution in [3.8, 4) is 0 Å². The van der Waals surface area contributed by atoms with Gasteiger partial charge in [0.1, 0.15) is 0 Å². The molecule has 19 heavy (non-hydrogen) atoms. The van der Waals surface area contributed by atoms with Gasteiger partial charge in [0.15, 0.2) is 5.70 Å². The molecule has 0 atom stereocenters. The zero-order valence-corrected chi connectivity index (χ0v) is 13.3. The zero-order valence-electron chi connectivity index (χ0n) is 10.9. The van der Waals surface area contributed by atoms with Crippen molar-refractivity contribution in [2.75, 3.05) is 19.0 Å². The first-order valence-corrected chi connectivity index (χ1v) is 8.22. The van der Waals surface area contributed by atoms with Gasteiger partial charge in [0, 0.05) is 28.4 Å². The predicted octanol–water partition coefficient (Wildman–Crippen LogP) is 5.52. The zero-order chi connectivity index (χ0) is 13.6. The molecule has 0 aliphatic carbocycles. The predicted molar refractivity (Wildman–Crippen MR) is 89.7 cm³/mol. The summed E-state index contributed by atoms with van der Waals surface area (Å²) in [6.07, 6.45) is 1.97. The van der Waals surface area contributed by atoms with Crippen molar-refractivity contribution in [2.45, 2.75) is 6.92 Å². The van der Waals surface area contributed by atoms with E-state index in [2.05, 4.69) is 36.0 Å². The quantitative estimate of drug-likeness (QED) is 0.565. The van der Waals surface area contributed by atoms with E-state index in [1.807, 2.05) is 35.7 Å². The second-order valence-corrected chi connectivity index (χ2v) is 7.71. The first-order valence-electron chi connectivity index (χ1n) is 5.77. The van der Waals surface area contributed by atoms with Crippen LogP contribution in [0.1, 0.15) is 11.8 Å². The number of hydrogen-bond acceptors (Lipinski definition) is 4. The fourth-order valence-electron chi connectivity index (χ4n) is 1.87. The Hall–Kier alpha value is -1.35. The van der Waals surface area contributed by atoms with Gasteiger partial charge in [-0.05, 0) is 25.1 Å². The average molecular weight is 304 g/mol. The fraction of sp³-hybridized carbons (Fsp3) is 0.214. The molecule has 0 unspecified atom stereocenters. The van der Waals surface area contributed by atoms with Crippen LogP contribution in [-0.2, 0) is 0 Å². The molecule has 3 heterocycles. The van der Waals surface area contributed by atoms with Crippen LogP contribution >= 0.6 is 34.0 Å². The van der Waals surface area contributed by atoms with E-state index in [1.165, 1.54) is 28.7 Å². The average Bonchev–Trinajstić information content (AvgIpc) is 2.98. The normalized spacial score (nSPS) is 12.2. The van der Waals surface area contributed by atoms with Gasteiger partial charge >= 0.3 is 0 Å². The Morgan fingerprint density at radius 1 is 1.16 bits per heavy atom.